The highest BCUT2D eigenvalue weighted by Gasteiger charge is 2.49. The summed E-state index contributed by atoms with van der Waals surface area (Å²) in [7, 11) is -2.82. The second kappa shape index (κ2) is 3.21. The number of fused-ring (bicyclic) bond motifs is 2. The Bertz CT molecular complexity index is 371. The van der Waals surface area contributed by atoms with E-state index in [0.29, 0.717) is 6.54 Å². The Balaban J connectivity index is 2.14. The Morgan fingerprint density at radius 2 is 2.36 bits per heavy atom. The summed E-state index contributed by atoms with van der Waals surface area (Å²) in [5.41, 5.74) is 0. The summed E-state index contributed by atoms with van der Waals surface area (Å²) in [5, 5.41) is 8.70. The predicted octanol–water partition coefficient (Wildman–Crippen LogP) is 0.160. The van der Waals surface area contributed by atoms with Gasteiger partial charge in [-0.2, -0.15) is 5.26 Å². The van der Waals surface area contributed by atoms with Crippen LogP contribution >= 0.6 is 0 Å². The number of rotatable bonds is 2. The maximum atomic E-state index is 11.5. The van der Waals surface area contributed by atoms with E-state index < -0.39 is 9.84 Å². The van der Waals surface area contributed by atoms with Gasteiger partial charge in [0, 0.05) is 12.6 Å². The smallest absolute Gasteiger partial charge is 0.156 e. The van der Waals surface area contributed by atoms with Crippen LogP contribution in [0.2, 0.25) is 0 Å². The lowest BCUT2D eigenvalue weighted by atomic mass is 10.2. The fourth-order valence-electron chi connectivity index (χ4n) is 2.51. The molecule has 14 heavy (non-hydrogen) atoms. The third-order valence-electron chi connectivity index (χ3n) is 3.29. The molecule has 2 heterocycles. The standard InChI is InChI=1S/C9H14N2O2S/c1-2-7(4-10)11-5-9-3-8(11)6-14(9,12)13/h7-9H,2-3,5-6H2,1H3. The van der Waals surface area contributed by atoms with Crippen LogP contribution in [0.4, 0.5) is 0 Å². The molecule has 0 aromatic carbocycles. The molecule has 0 spiro atoms. The third-order valence-corrected chi connectivity index (χ3v) is 5.49. The van der Waals surface area contributed by atoms with E-state index in [0.717, 1.165) is 12.8 Å². The van der Waals surface area contributed by atoms with Crippen LogP contribution < -0.4 is 0 Å². The van der Waals surface area contributed by atoms with Crippen molar-refractivity contribution in [2.45, 2.75) is 37.1 Å². The monoisotopic (exact) mass is 214 g/mol. The Kier molecular flexibility index (Phi) is 2.28. The molecule has 3 unspecified atom stereocenters. The molecule has 2 rings (SSSR count). The first-order chi connectivity index (χ1) is 6.58. The van der Waals surface area contributed by atoms with Gasteiger partial charge in [0.2, 0.25) is 0 Å². The molecule has 0 aliphatic carbocycles. The van der Waals surface area contributed by atoms with Gasteiger partial charge < -0.3 is 0 Å². The van der Waals surface area contributed by atoms with Crippen LogP contribution in [-0.4, -0.2) is 42.9 Å². The minimum atomic E-state index is -2.82. The van der Waals surface area contributed by atoms with Gasteiger partial charge >= 0.3 is 0 Å². The Labute approximate surface area is 84.4 Å². The molecule has 2 saturated heterocycles. The maximum absolute atomic E-state index is 11.5. The molecule has 78 valence electrons. The highest BCUT2D eigenvalue weighted by Crippen LogP contribution is 2.34. The summed E-state index contributed by atoms with van der Waals surface area (Å²) in [5.74, 6) is 0.260. The van der Waals surface area contributed by atoms with Crippen LogP contribution in [0.25, 0.3) is 0 Å². The maximum Gasteiger partial charge on any atom is 0.156 e. The first kappa shape index (κ1) is 9.94. The van der Waals surface area contributed by atoms with E-state index in [1.807, 2.05) is 6.92 Å². The van der Waals surface area contributed by atoms with E-state index in [2.05, 4.69) is 11.0 Å². The summed E-state index contributed by atoms with van der Waals surface area (Å²) < 4.78 is 22.9. The van der Waals surface area contributed by atoms with Crippen molar-refractivity contribution in [1.82, 2.24) is 4.90 Å². The van der Waals surface area contributed by atoms with Gasteiger partial charge in [0.25, 0.3) is 0 Å². The third kappa shape index (κ3) is 1.33. The Hall–Kier alpha value is -0.600. The molecular formula is C9H14N2O2S. The highest BCUT2D eigenvalue weighted by atomic mass is 32.2. The quantitative estimate of drug-likeness (QED) is 0.657. The molecule has 0 radical (unpaired) electrons. The van der Waals surface area contributed by atoms with Crippen LogP contribution in [0.3, 0.4) is 0 Å². The van der Waals surface area contributed by atoms with Crippen LogP contribution in [0.1, 0.15) is 19.8 Å². The second-order valence-corrected chi connectivity index (χ2v) is 6.42. The van der Waals surface area contributed by atoms with Crippen molar-refractivity contribution < 1.29 is 8.42 Å². The molecule has 0 saturated carbocycles. The molecule has 4 nitrogen and oxygen atoms in total. The van der Waals surface area contributed by atoms with Crippen molar-refractivity contribution in [2.75, 3.05) is 12.3 Å². The molecular weight excluding hydrogens is 200 g/mol. The van der Waals surface area contributed by atoms with E-state index in [4.69, 9.17) is 5.26 Å². The summed E-state index contributed by atoms with van der Waals surface area (Å²) in [4.78, 5) is 2.06. The van der Waals surface area contributed by atoms with E-state index >= 15 is 0 Å². The SMILES string of the molecule is CCC(C#N)N1CC2CC1CS2(=O)=O. The zero-order chi connectivity index (χ0) is 10.3. The average molecular weight is 214 g/mol. The minimum Gasteiger partial charge on any atom is -0.283 e. The summed E-state index contributed by atoms with van der Waals surface area (Å²) in [6.07, 6.45) is 1.51. The van der Waals surface area contributed by atoms with Crippen molar-refractivity contribution in [2.24, 2.45) is 0 Å². The topological polar surface area (TPSA) is 61.2 Å². The number of hydrogen-bond donors (Lipinski definition) is 0. The zero-order valence-electron chi connectivity index (χ0n) is 8.18. The normalized spacial score (nSPS) is 36.9. The minimum absolute atomic E-state index is 0.0968. The lowest BCUT2D eigenvalue weighted by Gasteiger charge is -2.29. The fourth-order valence-corrected chi connectivity index (χ4v) is 4.56. The number of nitrogens with zero attached hydrogens (tertiary/aromatic N) is 2. The lowest BCUT2D eigenvalue weighted by molar-refractivity contribution is 0.221. The van der Waals surface area contributed by atoms with Gasteiger partial charge in [0.15, 0.2) is 9.84 Å². The van der Waals surface area contributed by atoms with Crippen LogP contribution in [0.5, 0.6) is 0 Å². The molecule has 0 aromatic rings. The van der Waals surface area contributed by atoms with Crippen molar-refractivity contribution in [3.8, 4) is 6.07 Å². The largest absolute Gasteiger partial charge is 0.283 e. The molecule has 2 bridgehead atoms. The van der Waals surface area contributed by atoms with Gasteiger partial charge in [-0.15, -0.1) is 0 Å². The Morgan fingerprint density at radius 1 is 1.64 bits per heavy atom. The molecule has 0 aromatic heterocycles. The van der Waals surface area contributed by atoms with Crippen LogP contribution in [-0.2, 0) is 9.84 Å². The summed E-state index contributed by atoms with van der Waals surface area (Å²) in [6.45, 7) is 2.54. The van der Waals surface area contributed by atoms with Gasteiger partial charge in [0.1, 0.15) is 0 Å². The molecule has 0 amide bonds. The Morgan fingerprint density at radius 3 is 2.71 bits per heavy atom. The number of nitriles is 1. The van der Waals surface area contributed by atoms with Gasteiger partial charge in [-0.1, -0.05) is 6.92 Å². The number of sulfone groups is 1. The van der Waals surface area contributed by atoms with E-state index in [1.54, 1.807) is 0 Å². The van der Waals surface area contributed by atoms with Crippen LogP contribution in [0, 0.1) is 11.3 Å². The van der Waals surface area contributed by atoms with E-state index in [1.165, 1.54) is 0 Å². The summed E-state index contributed by atoms with van der Waals surface area (Å²) >= 11 is 0. The van der Waals surface area contributed by atoms with E-state index in [-0.39, 0.29) is 23.1 Å². The summed E-state index contributed by atoms with van der Waals surface area (Å²) in [6, 6.07) is 2.25. The molecule has 5 heteroatoms. The number of hydrogen-bond acceptors (Lipinski definition) is 4. The van der Waals surface area contributed by atoms with Gasteiger partial charge in [0.05, 0.1) is 23.1 Å². The first-order valence-electron chi connectivity index (χ1n) is 4.95. The second-order valence-electron chi connectivity index (χ2n) is 4.09. The van der Waals surface area contributed by atoms with Gasteiger partial charge in [-0.3, -0.25) is 4.90 Å². The van der Waals surface area contributed by atoms with E-state index in [9.17, 15) is 8.42 Å². The van der Waals surface area contributed by atoms with Crippen molar-refractivity contribution in [3.05, 3.63) is 0 Å². The highest BCUT2D eigenvalue weighted by molar-refractivity contribution is 7.92. The molecule has 2 aliphatic heterocycles. The van der Waals surface area contributed by atoms with Crippen molar-refractivity contribution in [3.63, 3.8) is 0 Å². The molecule has 3 atom stereocenters. The predicted molar refractivity (Wildman–Crippen MR) is 52.4 cm³/mol. The fraction of sp³-hybridized carbons (Fsp3) is 0.889. The molecule has 2 fully saturated rings. The zero-order valence-corrected chi connectivity index (χ0v) is 9.00. The van der Waals surface area contributed by atoms with Crippen molar-refractivity contribution in [1.29, 1.82) is 5.26 Å². The van der Waals surface area contributed by atoms with Crippen LogP contribution in [0.15, 0.2) is 0 Å². The lowest BCUT2D eigenvalue weighted by Crippen LogP contribution is -2.45. The average Bonchev–Trinajstić information content (AvgIpc) is 2.62. The number of likely N-dealkylation sites (tertiary alicyclic amines) is 1. The van der Waals surface area contributed by atoms with Gasteiger partial charge in [-0.25, -0.2) is 8.42 Å². The van der Waals surface area contributed by atoms with Gasteiger partial charge in [-0.05, 0) is 12.8 Å². The molecule has 0 N–H and O–H groups in total. The first-order valence-corrected chi connectivity index (χ1v) is 6.67. The molecule has 2 aliphatic rings. The van der Waals surface area contributed by atoms with Crippen molar-refractivity contribution >= 4 is 9.84 Å².